The molecule has 23 nitrogen and oxygen atoms in total. The zero-order valence-corrected chi connectivity index (χ0v) is 23.7. The topological polar surface area (TPSA) is 357 Å². The van der Waals surface area contributed by atoms with Crippen LogP contribution in [0.5, 0.6) is 0 Å². The quantitative estimate of drug-likeness (QED) is 0.101. The first-order valence-electron chi connectivity index (χ1n) is 12.1. The molecule has 0 spiro atoms. The largest absolute Gasteiger partial charge is 0.469 e. The fraction of sp³-hybridized carbons (Fsp3) is 0.526. The highest BCUT2D eigenvalue weighted by atomic mass is 31.2. The van der Waals surface area contributed by atoms with Crippen LogP contribution in [-0.4, -0.2) is 119 Å². The summed E-state index contributed by atoms with van der Waals surface area (Å²) in [6.07, 6.45) is -7.07. The summed E-state index contributed by atoms with van der Waals surface area (Å²) in [6.45, 7) is -1.28. The third kappa shape index (κ3) is 7.80. The van der Waals surface area contributed by atoms with Gasteiger partial charge in [0.1, 0.15) is 48.5 Å². The van der Waals surface area contributed by atoms with Crippen molar-refractivity contribution in [3.63, 3.8) is 0 Å². The zero-order chi connectivity index (χ0) is 32.6. The van der Waals surface area contributed by atoms with E-state index in [1.165, 1.54) is 17.2 Å². The van der Waals surface area contributed by atoms with Crippen molar-refractivity contribution in [3.05, 3.63) is 45.8 Å². The second kappa shape index (κ2) is 13.2. The molecule has 5 rings (SSSR count). The first kappa shape index (κ1) is 33.9. The molecule has 2 aliphatic heterocycles. The minimum atomic E-state index is -4.76. The summed E-state index contributed by atoms with van der Waals surface area (Å²) in [6, 6.07) is 1.02. The first-order chi connectivity index (χ1) is 20.5. The van der Waals surface area contributed by atoms with E-state index in [1.54, 1.807) is 0 Å². The van der Waals surface area contributed by atoms with Gasteiger partial charge in [-0.2, -0.15) is 0 Å². The summed E-state index contributed by atoms with van der Waals surface area (Å²) in [4.78, 5) is 70.8. The SMILES string of the molecule is Nc1ncnc2c1ncn2C1OC(COP(=O)(O)O)C(O)C1O.O=c1ccn(C2OC(COP(=O)(O)O)C(O)C2O)c(=O)[nH]1. The van der Waals surface area contributed by atoms with Gasteiger partial charge in [-0.25, -0.2) is 28.9 Å². The van der Waals surface area contributed by atoms with Crippen molar-refractivity contribution in [2.45, 2.75) is 49.1 Å². The third-order valence-corrected chi connectivity index (χ3v) is 7.25. The number of nitrogens with zero attached hydrogens (tertiary/aromatic N) is 5. The molecule has 11 N–H and O–H groups in total. The number of aromatic nitrogens is 6. The lowest BCUT2D eigenvalue weighted by molar-refractivity contribution is -0.0543. The number of phosphoric acid groups is 2. The molecule has 244 valence electrons. The van der Waals surface area contributed by atoms with Crippen molar-refractivity contribution in [1.82, 2.24) is 29.1 Å². The smallest absolute Gasteiger partial charge is 0.387 e. The molecule has 8 atom stereocenters. The number of hydrogen-bond acceptors (Lipinski definition) is 16. The van der Waals surface area contributed by atoms with Crippen molar-refractivity contribution in [1.29, 1.82) is 0 Å². The Bertz CT molecular complexity index is 1670. The predicted octanol–water partition coefficient (Wildman–Crippen LogP) is -4.60. The summed E-state index contributed by atoms with van der Waals surface area (Å²) >= 11 is 0. The van der Waals surface area contributed by atoms with E-state index in [9.17, 15) is 39.1 Å². The highest BCUT2D eigenvalue weighted by Gasteiger charge is 2.46. The summed E-state index contributed by atoms with van der Waals surface area (Å²) in [5, 5.41) is 39.6. The molecule has 0 radical (unpaired) electrons. The zero-order valence-electron chi connectivity index (χ0n) is 21.9. The van der Waals surface area contributed by atoms with Gasteiger partial charge in [-0.15, -0.1) is 0 Å². The van der Waals surface area contributed by atoms with Crippen LogP contribution in [-0.2, 0) is 27.7 Å². The Morgan fingerprint density at radius 2 is 1.36 bits per heavy atom. The van der Waals surface area contributed by atoms with Crippen LogP contribution < -0.4 is 17.0 Å². The molecule has 5 heterocycles. The van der Waals surface area contributed by atoms with Gasteiger partial charge in [-0.1, -0.05) is 0 Å². The molecule has 2 aliphatic rings. The highest BCUT2D eigenvalue weighted by Crippen LogP contribution is 2.39. The van der Waals surface area contributed by atoms with Gasteiger partial charge < -0.3 is 55.2 Å². The van der Waals surface area contributed by atoms with Gasteiger partial charge in [-0.3, -0.25) is 28.0 Å². The molecule has 2 saturated heterocycles. The van der Waals surface area contributed by atoms with E-state index in [1.807, 2.05) is 4.98 Å². The van der Waals surface area contributed by atoms with Gasteiger partial charge in [0.05, 0.1) is 19.5 Å². The van der Waals surface area contributed by atoms with Crippen molar-refractivity contribution >= 4 is 32.6 Å². The molecule has 8 unspecified atom stereocenters. The van der Waals surface area contributed by atoms with E-state index in [4.69, 9.17) is 34.8 Å². The van der Waals surface area contributed by atoms with Gasteiger partial charge in [0, 0.05) is 12.3 Å². The standard InChI is InChI=1S/C10H14N5O7P.C9H13N2O9P/c11-8-5-9(13-2-12-8)15(3-14-5)10-7(17)6(16)4(22-10)1-21-23(18,19)20;12-5-1-2-11(9(15)10-5)8-7(14)6(13)4(20-8)3-19-21(16,17)18/h2-4,6-7,10,16-17H,1H2,(H2,11,12,13)(H2,18,19,20);1-2,4,6-8,13-14H,3H2,(H,10,12,15)(H2,16,17,18). The maximum absolute atomic E-state index is 11.6. The van der Waals surface area contributed by atoms with Crippen molar-refractivity contribution < 1.29 is 67.7 Å². The molecule has 0 amide bonds. The third-order valence-electron chi connectivity index (χ3n) is 6.27. The molecular formula is C19H27N7O16P2. The van der Waals surface area contributed by atoms with Gasteiger partial charge in [0.15, 0.2) is 23.9 Å². The van der Waals surface area contributed by atoms with Gasteiger partial charge in [0.2, 0.25) is 0 Å². The number of aliphatic hydroxyl groups excluding tert-OH is 4. The normalized spacial score (nSPS) is 29.1. The molecule has 3 aromatic rings. The van der Waals surface area contributed by atoms with Crippen molar-refractivity contribution in [3.8, 4) is 0 Å². The minimum Gasteiger partial charge on any atom is -0.387 e. The number of rotatable bonds is 8. The minimum absolute atomic E-state index is 0.142. The number of ether oxygens (including phenoxy) is 2. The highest BCUT2D eigenvalue weighted by molar-refractivity contribution is 7.46. The van der Waals surface area contributed by atoms with E-state index in [-0.39, 0.29) is 11.5 Å². The Morgan fingerprint density at radius 1 is 0.841 bits per heavy atom. The average Bonchev–Trinajstić information content (AvgIpc) is 3.57. The predicted molar refractivity (Wildman–Crippen MR) is 139 cm³/mol. The first-order valence-corrected chi connectivity index (χ1v) is 15.2. The number of anilines is 1. The molecule has 0 bridgehead atoms. The maximum Gasteiger partial charge on any atom is 0.469 e. The molecule has 2 fully saturated rings. The van der Waals surface area contributed by atoms with Crippen LogP contribution in [0.25, 0.3) is 11.2 Å². The number of phosphoric ester groups is 2. The molecule has 3 aromatic heterocycles. The number of nitrogen functional groups attached to an aromatic ring is 1. The Labute approximate surface area is 243 Å². The summed E-state index contributed by atoms with van der Waals surface area (Å²) in [5.74, 6) is 0.142. The number of aliphatic hydroxyl groups is 4. The second-order valence-electron chi connectivity index (χ2n) is 9.27. The molecular weight excluding hydrogens is 644 g/mol. The molecule has 0 saturated carbocycles. The van der Waals surface area contributed by atoms with E-state index in [0.29, 0.717) is 5.52 Å². The van der Waals surface area contributed by atoms with Crippen LogP contribution in [0.4, 0.5) is 5.82 Å². The van der Waals surface area contributed by atoms with Crippen LogP contribution in [0.2, 0.25) is 0 Å². The number of nitrogens with two attached hydrogens (primary N) is 1. The van der Waals surface area contributed by atoms with E-state index >= 15 is 0 Å². The Morgan fingerprint density at radius 3 is 1.86 bits per heavy atom. The fourth-order valence-corrected chi connectivity index (χ4v) is 4.90. The molecule has 0 aliphatic carbocycles. The van der Waals surface area contributed by atoms with Gasteiger partial charge in [0.25, 0.3) is 5.56 Å². The number of hydrogen-bond donors (Lipinski definition) is 10. The Kier molecular flexibility index (Phi) is 10.1. The van der Waals surface area contributed by atoms with Gasteiger partial charge in [-0.05, 0) is 0 Å². The van der Waals surface area contributed by atoms with Crippen LogP contribution >= 0.6 is 15.6 Å². The van der Waals surface area contributed by atoms with Crippen LogP contribution in [0, 0.1) is 0 Å². The number of H-pyrrole nitrogens is 1. The Balaban J connectivity index is 0.000000202. The fourth-order valence-electron chi connectivity index (χ4n) is 4.22. The summed E-state index contributed by atoms with van der Waals surface area (Å²) < 4.78 is 42.6. The number of aromatic amines is 1. The van der Waals surface area contributed by atoms with E-state index in [2.05, 4.69) is 24.0 Å². The van der Waals surface area contributed by atoms with Crippen LogP contribution in [0.15, 0.2) is 34.5 Å². The number of imidazole rings is 1. The number of nitrogens with one attached hydrogen (secondary N) is 1. The van der Waals surface area contributed by atoms with Gasteiger partial charge >= 0.3 is 21.3 Å². The molecule has 0 aromatic carbocycles. The summed E-state index contributed by atoms with van der Waals surface area (Å²) in [5.41, 5.74) is 4.74. The lowest BCUT2D eigenvalue weighted by Gasteiger charge is -2.16. The lowest BCUT2D eigenvalue weighted by atomic mass is 10.1. The number of fused-ring (bicyclic) bond motifs is 1. The van der Waals surface area contributed by atoms with E-state index in [0.717, 1.165) is 16.8 Å². The van der Waals surface area contributed by atoms with E-state index < -0.39 is 89.2 Å². The van der Waals surface area contributed by atoms with Crippen molar-refractivity contribution in [2.24, 2.45) is 0 Å². The maximum atomic E-state index is 11.6. The molecule has 25 heteroatoms. The monoisotopic (exact) mass is 671 g/mol. The van der Waals surface area contributed by atoms with Crippen LogP contribution in [0.3, 0.4) is 0 Å². The lowest BCUT2D eigenvalue weighted by Crippen LogP contribution is -2.37. The summed E-state index contributed by atoms with van der Waals surface area (Å²) in [7, 11) is -9.48. The second-order valence-corrected chi connectivity index (χ2v) is 11.7. The Hall–Kier alpha value is -2.99. The average molecular weight is 671 g/mol. The van der Waals surface area contributed by atoms with Crippen LogP contribution in [0.1, 0.15) is 12.5 Å². The molecule has 44 heavy (non-hydrogen) atoms. The van der Waals surface area contributed by atoms with Crippen molar-refractivity contribution in [2.75, 3.05) is 18.9 Å².